The Hall–Kier alpha value is -1.25. The van der Waals surface area contributed by atoms with Gasteiger partial charge in [-0.3, -0.25) is 0 Å². The Morgan fingerprint density at radius 1 is 1.48 bits per heavy atom. The molecule has 1 unspecified atom stereocenters. The molecule has 1 aromatic rings. The van der Waals surface area contributed by atoms with Crippen molar-refractivity contribution in [2.75, 3.05) is 26.0 Å². The van der Waals surface area contributed by atoms with Crippen molar-refractivity contribution in [1.29, 1.82) is 0 Å². The zero-order chi connectivity index (χ0) is 15.1. The van der Waals surface area contributed by atoms with Gasteiger partial charge in [0.1, 0.15) is 6.10 Å². The van der Waals surface area contributed by atoms with Crippen molar-refractivity contribution in [2.24, 2.45) is 0 Å². The number of hydrogen-bond acceptors (Lipinski definition) is 6. The van der Waals surface area contributed by atoms with E-state index in [-0.39, 0.29) is 6.10 Å². The van der Waals surface area contributed by atoms with Gasteiger partial charge in [0.25, 0.3) is 0 Å². The van der Waals surface area contributed by atoms with Gasteiger partial charge in [-0.1, -0.05) is 0 Å². The van der Waals surface area contributed by atoms with Gasteiger partial charge in [0, 0.05) is 37.8 Å². The summed E-state index contributed by atoms with van der Waals surface area (Å²) in [5.74, 6) is 0. The van der Waals surface area contributed by atoms with Crippen molar-refractivity contribution in [3.05, 3.63) is 18.0 Å². The van der Waals surface area contributed by atoms with Crippen molar-refractivity contribution in [3.8, 4) is 6.01 Å². The van der Waals surface area contributed by atoms with Crippen molar-refractivity contribution in [3.63, 3.8) is 0 Å². The number of aromatic nitrogens is 2. The van der Waals surface area contributed by atoms with E-state index < -0.39 is 15.6 Å². The van der Waals surface area contributed by atoms with Gasteiger partial charge < -0.3 is 9.47 Å². The summed E-state index contributed by atoms with van der Waals surface area (Å²) in [5, 5.41) is 0. The van der Waals surface area contributed by atoms with Crippen LogP contribution in [0.4, 0.5) is 0 Å². The molecule has 21 heavy (non-hydrogen) atoms. The van der Waals surface area contributed by atoms with Crippen LogP contribution in [-0.2, 0) is 14.8 Å². The fourth-order valence-corrected chi connectivity index (χ4v) is 3.71. The molecule has 0 radical (unpaired) electrons. The quantitative estimate of drug-likeness (QED) is 0.801. The lowest BCUT2D eigenvalue weighted by Gasteiger charge is -2.51. The van der Waals surface area contributed by atoms with Crippen molar-refractivity contribution in [2.45, 2.75) is 31.5 Å². The third kappa shape index (κ3) is 3.17. The lowest BCUT2D eigenvalue weighted by atomic mass is 9.86. The first kappa shape index (κ1) is 14.7. The molecular weight excluding hydrogens is 294 g/mol. The molecule has 0 saturated carbocycles. The zero-order valence-electron chi connectivity index (χ0n) is 12.2. The maximum Gasteiger partial charge on any atom is 0.316 e. The predicted octanol–water partition coefficient (Wildman–Crippen LogP) is 0.357. The topological polar surface area (TPSA) is 81.6 Å². The predicted molar refractivity (Wildman–Crippen MR) is 75.5 cm³/mol. The lowest BCUT2D eigenvalue weighted by Crippen LogP contribution is -2.67. The number of aryl methyl sites for hydroxylation is 1. The van der Waals surface area contributed by atoms with E-state index in [1.165, 1.54) is 10.6 Å². The molecule has 3 heterocycles. The minimum atomic E-state index is -3.14. The van der Waals surface area contributed by atoms with Crippen LogP contribution in [0.25, 0.3) is 0 Å². The average Bonchev–Trinajstić information content (AvgIpc) is 2.35. The van der Waals surface area contributed by atoms with E-state index in [1.54, 1.807) is 6.20 Å². The zero-order valence-corrected chi connectivity index (χ0v) is 13.0. The molecule has 7 nitrogen and oxygen atoms in total. The first-order valence-electron chi connectivity index (χ1n) is 6.92. The summed E-state index contributed by atoms with van der Waals surface area (Å²) in [6.07, 6.45) is 4.27. The van der Waals surface area contributed by atoms with Crippen molar-refractivity contribution < 1.29 is 17.9 Å². The van der Waals surface area contributed by atoms with Crippen molar-refractivity contribution in [1.82, 2.24) is 14.3 Å². The SMILES string of the molecule is Cc1ccnc(OC2CCOC3(C2)CN(S(C)(=O)=O)C3)n1. The largest absolute Gasteiger partial charge is 0.460 e. The van der Waals surface area contributed by atoms with Crippen molar-refractivity contribution >= 4 is 10.0 Å². The smallest absolute Gasteiger partial charge is 0.316 e. The van der Waals surface area contributed by atoms with E-state index in [9.17, 15) is 8.42 Å². The highest BCUT2D eigenvalue weighted by molar-refractivity contribution is 7.88. The molecule has 2 aliphatic rings. The molecule has 0 aliphatic carbocycles. The fraction of sp³-hybridized carbons (Fsp3) is 0.692. The van der Waals surface area contributed by atoms with Gasteiger partial charge in [0.05, 0.1) is 18.5 Å². The first-order chi connectivity index (χ1) is 9.86. The van der Waals surface area contributed by atoms with Gasteiger partial charge in [-0.25, -0.2) is 18.4 Å². The number of nitrogens with zero attached hydrogens (tertiary/aromatic N) is 3. The van der Waals surface area contributed by atoms with E-state index in [0.717, 1.165) is 12.1 Å². The Labute approximate surface area is 124 Å². The highest BCUT2D eigenvalue weighted by Crippen LogP contribution is 2.36. The second-order valence-electron chi connectivity index (χ2n) is 5.78. The number of ether oxygens (including phenoxy) is 2. The molecule has 0 N–H and O–H groups in total. The summed E-state index contributed by atoms with van der Waals surface area (Å²) < 4.78 is 36.0. The number of sulfonamides is 1. The minimum Gasteiger partial charge on any atom is -0.460 e. The lowest BCUT2D eigenvalue weighted by molar-refractivity contribution is -0.165. The first-order valence-corrected chi connectivity index (χ1v) is 8.77. The molecule has 0 aromatic carbocycles. The normalized spacial score (nSPS) is 25.5. The van der Waals surface area contributed by atoms with Gasteiger partial charge in [0.2, 0.25) is 10.0 Å². The molecule has 2 fully saturated rings. The Morgan fingerprint density at radius 3 is 2.90 bits per heavy atom. The van der Waals surface area contributed by atoms with Crippen LogP contribution < -0.4 is 4.74 Å². The molecule has 2 aliphatic heterocycles. The van der Waals surface area contributed by atoms with E-state index in [0.29, 0.717) is 32.1 Å². The highest BCUT2D eigenvalue weighted by atomic mass is 32.2. The Balaban J connectivity index is 1.62. The van der Waals surface area contributed by atoms with E-state index in [2.05, 4.69) is 9.97 Å². The highest BCUT2D eigenvalue weighted by Gasteiger charge is 2.51. The van der Waals surface area contributed by atoms with E-state index in [1.807, 2.05) is 13.0 Å². The minimum absolute atomic E-state index is 0.0396. The van der Waals surface area contributed by atoms with Gasteiger partial charge >= 0.3 is 6.01 Å². The summed E-state index contributed by atoms with van der Waals surface area (Å²) in [5.41, 5.74) is 0.448. The maximum atomic E-state index is 11.5. The van der Waals surface area contributed by atoms with Gasteiger partial charge in [0.15, 0.2) is 0 Å². The molecular formula is C13H19N3O4S. The van der Waals surface area contributed by atoms with Crippen LogP contribution in [0.3, 0.4) is 0 Å². The standard InChI is InChI=1S/C13H19N3O4S/c1-10-3-5-14-12(15-10)20-11-4-6-19-13(7-11)8-16(9-13)21(2,17)18/h3,5,11H,4,6-9H2,1-2H3. The summed E-state index contributed by atoms with van der Waals surface area (Å²) in [6, 6.07) is 2.19. The van der Waals surface area contributed by atoms with Gasteiger partial charge in [-0.05, 0) is 13.0 Å². The summed E-state index contributed by atoms with van der Waals surface area (Å²) in [6.45, 7) is 3.25. The summed E-state index contributed by atoms with van der Waals surface area (Å²) in [4.78, 5) is 8.33. The molecule has 0 bridgehead atoms. The molecule has 8 heteroatoms. The average molecular weight is 313 g/mol. The van der Waals surface area contributed by atoms with E-state index >= 15 is 0 Å². The van der Waals surface area contributed by atoms with Crippen LogP contribution in [0.2, 0.25) is 0 Å². The van der Waals surface area contributed by atoms with Gasteiger partial charge in [-0.15, -0.1) is 0 Å². The second-order valence-corrected chi connectivity index (χ2v) is 7.76. The summed E-state index contributed by atoms with van der Waals surface area (Å²) >= 11 is 0. The Kier molecular flexibility index (Phi) is 3.62. The number of rotatable bonds is 3. The summed E-state index contributed by atoms with van der Waals surface area (Å²) in [7, 11) is -3.14. The van der Waals surface area contributed by atoms with Crippen LogP contribution >= 0.6 is 0 Å². The van der Waals surface area contributed by atoms with Crippen LogP contribution in [-0.4, -0.2) is 60.3 Å². The monoisotopic (exact) mass is 313 g/mol. The molecule has 0 amide bonds. The molecule has 1 aromatic heterocycles. The van der Waals surface area contributed by atoms with Gasteiger partial charge in [-0.2, -0.15) is 4.31 Å². The second kappa shape index (κ2) is 5.19. The van der Waals surface area contributed by atoms with Crippen LogP contribution in [0, 0.1) is 6.92 Å². The third-order valence-corrected chi connectivity index (χ3v) is 5.09. The van der Waals surface area contributed by atoms with E-state index in [4.69, 9.17) is 9.47 Å². The molecule has 2 saturated heterocycles. The third-order valence-electron chi connectivity index (χ3n) is 3.89. The fourth-order valence-electron chi connectivity index (χ4n) is 2.77. The Bertz CT molecular complexity index is 628. The number of hydrogen-bond donors (Lipinski definition) is 0. The van der Waals surface area contributed by atoms with Crippen LogP contribution in [0.5, 0.6) is 6.01 Å². The van der Waals surface area contributed by atoms with Crippen LogP contribution in [0.1, 0.15) is 18.5 Å². The molecule has 3 rings (SSSR count). The maximum absolute atomic E-state index is 11.5. The molecule has 116 valence electrons. The van der Waals surface area contributed by atoms with Crippen LogP contribution in [0.15, 0.2) is 12.3 Å². The molecule has 1 spiro atoms. The Morgan fingerprint density at radius 2 is 2.24 bits per heavy atom. The molecule has 1 atom stereocenters.